The average molecular weight is 104 g/mol. The number of aliphatic hydroxyl groups is 1. The van der Waals surface area contributed by atoms with Crippen LogP contribution in [0.1, 0.15) is 0 Å². The van der Waals surface area contributed by atoms with Gasteiger partial charge in [0.05, 0.1) is 6.61 Å². The third-order valence-electron chi connectivity index (χ3n) is 0.465. The van der Waals surface area contributed by atoms with Gasteiger partial charge < -0.3 is 5.11 Å². The van der Waals surface area contributed by atoms with Crippen LogP contribution in [0.3, 0.4) is 0 Å². The van der Waals surface area contributed by atoms with Gasteiger partial charge in [-0.2, -0.15) is 0 Å². The van der Waals surface area contributed by atoms with E-state index in [1.54, 1.807) is 0 Å². The zero-order valence-corrected chi connectivity index (χ0v) is 3.92. The molecule has 0 fully saturated rings. The number of hydrogen-bond acceptors (Lipinski definition) is 4. The van der Waals surface area contributed by atoms with Gasteiger partial charge in [-0.1, -0.05) is 5.18 Å². The van der Waals surface area contributed by atoms with Crippen LogP contribution >= 0.6 is 0 Å². The average Bonchev–Trinajstić information content (AvgIpc) is 1.69. The van der Waals surface area contributed by atoms with Crippen molar-refractivity contribution in [2.45, 2.75) is 0 Å². The highest BCUT2D eigenvalue weighted by atomic mass is 16.3. The molecule has 0 saturated carbocycles. The van der Waals surface area contributed by atoms with Crippen LogP contribution in [0.5, 0.6) is 0 Å². The predicted molar refractivity (Wildman–Crippen MR) is 25.8 cm³/mol. The summed E-state index contributed by atoms with van der Waals surface area (Å²) in [7, 11) is 0. The summed E-state index contributed by atoms with van der Waals surface area (Å²) in [4.78, 5) is 9.29. The van der Waals surface area contributed by atoms with E-state index in [1.165, 1.54) is 0 Å². The van der Waals surface area contributed by atoms with Crippen LogP contribution in [0.25, 0.3) is 0 Å². The van der Waals surface area contributed by atoms with E-state index in [1.807, 2.05) is 0 Å². The first kappa shape index (κ1) is 6.52. The summed E-state index contributed by atoms with van der Waals surface area (Å²) in [6.07, 6.45) is 0. The minimum Gasteiger partial charge on any atom is -0.395 e. The molecule has 42 valence electrons. The van der Waals surface area contributed by atoms with E-state index in [0.717, 1.165) is 0 Å². The molecule has 0 unspecified atom stereocenters. The summed E-state index contributed by atoms with van der Waals surface area (Å²) in [6.45, 7) is 0.571. The zero-order chi connectivity index (χ0) is 5.54. The van der Waals surface area contributed by atoms with Gasteiger partial charge in [-0.05, 0) is 0 Å². The summed E-state index contributed by atoms with van der Waals surface area (Å²) in [5, 5.41) is 13.1. The van der Waals surface area contributed by atoms with Gasteiger partial charge in [0.15, 0.2) is 0 Å². The molecular weight excluding hydrogens is 96.0 g/mol. The fourth-order valence-corrected chi connectivity index (χ4v) is 0.204. The molecular formula is C3H8N2O2. The van der Waals surface area contributed by atoms with Crippen molar-refractivity contribution >= 4 is 0 Å². The van der Waals surface area contributed by atoms with Crippen molar-refractivity contribution in [2.75, 3.05) is 19.8 Å². The number of hydrogen-bond donors (Lipinski definition) is 2. The van der Waals surface area contributed by atoms with Crippen LogP contribution in [0.15, 0.2) is 5.18 Å². The Morgan fingerprint density at radius 3 is 2.86 bits per heavy atom. The van der Waals surface area contributed by atoms with E-state index < -0.39 is 0 Å². The van der Waals surface area contributed by atoms with E-state index in [0.29, 0.717) is 6.54 Å². The van der Waals surface area contributed by atoms with Crippen LogP contribution in [0, 0.1) is 4.91 Å². The Labute approximate surface area is 41.5 Å². The molecule has 4 heteroatoms. The Hall–Kier alpha value is -0.480. The standard InChI is InChI=1S/C3H8N2O2/c6-2-1-4-3-5-7/h4,6H,1-3H2. The summed E-state index contributed by atoms with van der Waals surface area (Å²) in [5.41, 5.74) is 0. The largest absolute Gasteiger partial charge is 0.395 e. The van der Waals surface area contributed by atoms with E-state index >= 15 is 0 Å². The first-order valence-corrected chi connectivity index (χ1v) is 2.02. The zero-order valence-electron chi connectivity index (χ0n) is 3.92. The van der Waals surface area contributed by atoms with E-state index in [2.05, 4.69) is 10.5 Å². The Balaban J connectivity index is 2.56. The number of nitroso groups, excluding NO2 is 1. The predicted octanol–water partition coefficient (Wildman–Crippen LogP) is -0.708. The van der Waals surface area contributed by atoms with E-state index in [9.17, 15) is 4.91 Å². The highest BCUT2D eigenvalue weighted by molar-refractivity contribution is 4.38. The molecule has 0 aromatic heterocycles. The lowest BCUT2D eigenvalue weighted by molar-refractivity contribution is 0.293. The van der Waals surface area contributed by atoms with Crippen molar-refractivity contribution in [2.24, 2.45) is 5.18 Å². The van der Waals surface area contributed by atoms with Gasteiger partial charge in [0.25, 0.3) is 0 Å². The van der Waals surface area contributed by atoms with Gasteiger partial charge in [0, 0.05) is 6.54 Å². The van der Waals surface area contributed by atoms with Crippen molar-refractivity contribution in [1.29, 1.82) is 0 Å². The van der Waals surface area contributed by atoms with Gasteiger partial charge in [0.2, 0.25) is 0 Å². The van der Waals surface area contributed by atoms with Gasteiger partial charge in [-0.15, -0.1) is 4.91 Å². The van der Waals surface area contributed by atoms with Crippen LogP contribution in [-0.2, 0) is 0 Å². The van der Waals surface area contributed by atoms with Crippen molar-refractivity contribution in [3.05, 3.63) is 4.91 Å². The number of aliphatic hydroxyl groups excluding tert-OH is 1. The Morgan fingerprint density at radius 2 is 2.43 bits per heavy atom. The van der Waals surface area contributed by atoms with Crippen LogP contribution in [-0.4, -0.2) is 24.9 Å². The minimum atomic E-state index is 0.0511. The lowest BCUT2D eigenvalue weighted by atomic mass is 10.7. The molecule has 7 heavy (non-hydrogen) atoms. The molecule has 0 amide bonds. The molecule has 4 nitrogen and oxygen atoms in total. The molecule has 0 aromatic carbocycles. The normalized spacial score (nSPS) is 8.71. The smallest absolute Gasteiger partial charge is 0.131 e. The topological polar surface area (TPSA) is 61.7 Å². The first-order valence-electron chi connectivity index (χ1n) is 2.02. The third kappa shape index (κ3) is 5.52. The monoisotopic (exact) mass is 104 g/mol. The molecule has 0 atom stereocenters. The van der Waals surface area contributed by atoms with Gasteiger partial charge in [-0.3, -0.25) is 5.32 Å². The summed E-state index contributed by atoms with van der Waals surface area (Å²) < 4.78 is 0. The molecule has 2 N–H and O–H groups in total. The summed E-state index contributed by atoms with van der Waals surface area (Å²) in [6, 6.07) is 0. The molecule has 0 radical (unpaired) electrons. The minimum absolute atomic E-state index is 0.0511. The van der Waals surface area contributed by atoms with Gasteiger partial charge >= 0.3 is 0 Å². The molecule has 0 bridgehead atoms. The summed E-state index contributed by atoms with van der Waals surface area (Å²) >= 11 is 0. The maximum atomic E-state index is 9.29. The van der Waals surface area contributed by atoms with Crippen molar-refractivity contribution in [3.8, 4) is 0 Å². The number of nitrogens with zero attached hydrogens (tertiary/aromatic N) is 1. The highest BCUT2D eigenvalue weighted by Crippen LogP contribution is 1.57. The van der Waals surface area contributed by atoms with Crippen LogP contribution < -0.4 is 5.32 Å². The molecule has 0 saturated heterocycles. The maximum absolute atomic E-state index is 9.29. The van der Waals surface area contributed by atoms with Crippen LogP contribution in [0.2, 0.25) is 0 Å². The molecule has 0 aromatic rings. The second-order valence-electron chi connectivity index (χ2n) is 1.01. The third-order valence-corrected chi connectivity index (χ3v) is 0.465. The summed E-state index contributed by atoms with van der Waals surface area (Å²) in [5.74, 6) is 0. The molecule has 0 aliphatic carbocycles. The quantitative estimate of drug-likeness (QED) is 0.366. The number of nitrogens with one attached hydrogen (secondary N) is 1. The Morgan fingerprint density at radius 1 is 1.71 bits per heavy atom. The number of rotatable bonds is 4. The first-order chi connectivity index (χ1) is 3.41. The van der Waals surface area contributed by atoms with Crippen LogP contribution in [0.4, 0.5) is 0 Å². The molecule has 0 aliphatic rings. The highest BCUT2D eigenvalue weighted by Gasteiger charge is 1.77. The fourth-order valence-electron chi connectivity index (χ4n) is 0.204. The van der Waals surface area contributed by atoms with E-state index in [4.69, 9.17) is 5.11 Å². The Kier molecular flexibility index (Phi) is 5.14. The molecule has 0 rings (SSSR count). The lowest BCUT2D eigenvalue weighted by Gasteiger charge is -1.89. The fraction of sp³-hybridized carbons (Fsp3) is 1.00. The second kappa shape index (κ2) is 5.52. The maximum Gasteiger partial charge on any atom is 0.131 e. The second-order valence-corrected chi connectivity index (χ2v) is 1.01. The van der Waals surface area contributed by atoms with Crippen molar-refractivity contribution in [1.82, 2.24) is 5.32 Å². The molecule has 0 spiro atoms. The van der Waals surface area contributed by atoms with Crippen molar-refractivity contribution < 1.29 is 5.11 Å². The lowest BCUT2D eigenvalue weighted by Crippen LogP contribution is -2.17. The van der Waals surface area contributed by atoms with E-state index in [-0.39, 0.29) is 13.3 Å². The molecule has 0 aliphatic heterocycles. The molecule has 0 heterocycles. The SMILES string of the molecule is O=NCNCCO. The van der Waals surface area contributed by atoms with Gasteiger partial charge in [0.1, 0.15) is 6.67 Å². The Bertz CT molecular complexity index is 48.2. The van der Waals surface area contributed by atoms with Gasteiger partial charge in [-0.25, -0.2) is 0 Å². The van der Waals surface area contributed by atoms with Crippen molar-refractivity contribution in [3.63, 3.8) is 0 Å².